The third-order valence-corrected chi connectivity index (χ3v) is 5.17. The minimum absolute atomic E-state index is 0.148. The molecule has 0 amide bonds. The number of ether oxygens (including phenoxy) is 1. The van der Waals surface area contributed by atoms with Crippen LogP contribution in [0.3, 0.4) is 0 Å². The van der Waals surface area contributed by atoms with Crippen molar-refractivity contribution in [1.29, 1.82) is 0 Å². The molecule has 0 fully saturated rings. The Kier molecular flexibility index (Phi) is 4.49. The fourth-order valence-corrected chi connectivity index (χ4v) is 3.46. The van der Waals surface area contributed by atoms with Gasteiger partial charge in [0.2, 0.25) is 0 Å². The van der Waals surface area contributed by atoms with Crippen molar-refractivity contribution in [3.05, 3.63) is 53.6 Å². The third-order valence-electron chi connectivity index (χ3n) is 4.10. The molecule has 0 spiro atoms. The Morgan fingerprint density at radius 2 is 1.83 bits per heavy atom. The van der Waals surface area contributed by atoms with E-state index in [0.717, 1.165) is 23.6 Å². The van der Waals surface area contributed by atoms with Crippen molar-refractivity contribution in [3.8, 4) is 5.75 Å². The minimum Gasteiger partial charge on any atom is -0.497 e. The van der Waals surface area contributed by atoms with Crippen LogP contribution in [-0.4, -0.2) is 12.8 Å². The number of benzene rings is 2. The SMILES string of the molecule is COc1ccc(CSc2ccc3c(c2)N=C(C(C)(C)C)C3)cc1. The zero-order chi connectivity index (χ0) is 16.4. The third kappa shape index (κ3) is 3.78. The maximum absolute atomic E-state index is 5.20. The number of thioether (sulfide) groups is 1. The molecule has 120 valence electrons. The molecular formula is C20H23NOS. The van der Waals surface area contributed by atoms with Crippen molar-refractivity contribution in [1.82, 2.24) is 0 Å². The summed E-state index contributed by atoms with van der Waals surface area (Å²) in [6, 6.07) is 14.9. The molecule has 0 aliphatic carbocycles. The molecule has 0 atom stereocenters. The van der Waals surface area contributed by atoms with E-state index in [2.05, 4.69) is 51.1 Å². The van der Waals surface area contributed by atoms with Crippen LogP contribution in [0.4, 0.5) is 5.69 Å². The van der Waals surface area contributed by atoms with Crippen LogP contribution < -0.4 is 4.74 Å². The van der Waals surface area contributed by atoms with Crippen LogP contribution in [0.2, 0.25) is 0 Å². The van der Waals surface area contributed by atoms with E-state index in [0.29, 0.717) is 0 Å². The maximum Gasteiger partial charge on any atom is 0.118 e. The lowest BCUT2D eigenvalue weighted by molar-refractivity contribution is 0.414. The lowest BCUT2D eigenvalue weighted by Gasteiger charge is -2.17. The summed E-state index contributed by atoms with van der Waals surface area (Å²) in [7, 11) is 1.70. The molecule has 0 aromatic heterocycles. The summed E-state index contributed by atoms with van der Waals surface area (Å²) in [6.45, 7) is 6.70. The van der Waals surface area contributed by atoms with Gasteiger partial charge < -0.3 is 4.74 Å². The van der Waals surface area contributed by atoms with E-state index in [-0.39, 0.29) is 5.41 Å². The van der Waals surface area contributed by atoms with Gasteiger partial charge in [0, 0.05) is 28.2 Å². The Labute approximate surface area is 143 Å². The second-order valence-electron chi connectivity index (χ2n) is 6.91. The second kappa shape index (κ2) is 6.40. The first-order valence-corrected chi connectivity index (χ1v) is 8.91. The Morgan fingerprint density at radius 1 is 1.09 bits per heavy atom. The number of hydrogen-bond acceptors (Lipinski definition) is 3. The molecule has 2 aromatic carbocycles. The standard InChI is InChI=1S/C20H23NOS/c1-20(2,3)19-11-15-7-10-17(12-18(15)21-19)23-13-14-5-8-16(22-4)9-6-14/h5-10,12H,11,13H2,1-4H3. The molecule has 0 unspecified atom stereocenters. The summed E-state index contributed by atoms with van der Waals surface area (Å²) in [5, 5.41) is 0. The van der Waals surface area contributed by atoms with Crippen molar-refractivity contribution in [2.45, 2.75) is 37.8 Å². The van der Waals surface area contributed by atoms with Gasteiger partial charge in [-0.25, -0.2) is 0 Å². The average Bonchev–Trinajstić information content (AvgIpc) is 2.97. The Morgan fingerprint density at radius 3 is 2.48 bits per heavy atom. The molecule has 3 heteroatoms. The summed E-state index contributed by atoms with van der Waals surface area (Å²) in [5.41, 5.74) is 5.23. The number of nitrogens with zero attached hydrogens (tertiary/aromatic N) is 1. The quantitative estimate of drug-likeness (QED) is 0.676. The fraction of sp³-hybridized carbons (Fsp3) is 0.350. The van der Waals surface area contributed by atoms with E-state index in [1.807, 2.05) is 23.9 Å². The average molecular weight is 325 g/mol. The van der Waals surface area contributed by atoms with Gasteiger partial charge in [-0.15, -0.1) is 11.8 Å². The van der Waals surface area contributed by atoms with Gasteiger partial charge in [-0.05, 0) is 35.4 Å². The van der Waals surface area contributed by atoms with Gasteiger partial charge in [-0.2, -0.15) is 0 Å². The zero-order valence-corrected chi connectivity index (χ0v) is 15.0. The molecule has 1 aliphatic heterocycles. The van der Waals surface area contributed by atoms with Crippen LogP contribution >= 0.6 is 11.8 Å². The zero-order valence-electron chi connectivity index (χ0n) is 14.2. The van der Waals surface area contributed by atoms with Crippen LogP contribution in [0.15, 0.2) is 52.4 Å². The van der Waals surface area contributed by atoms with E-state index in [1.165, 1.54) is 21.7 Å². The van der Waals surface area contributed by atoms with Gasteiger partial charge in [0.25, 0.3) is 0 Å². The summed E-state index contributed by atoms with van der Waals surface area (Å²) in [5.74, 6) is 1.86. The fourth-order valence-electron chi connectivity index (χ4n) is 2.57. The Hall–Kier alpha value is -1.74. The maximum atomic E-state index is 5.20. The molecule has 23 heavy (non-hydrogen) atoms. The molecule has 0 N–H and O–H groups in total. The largest absolute Gasteiger partial charge is 0.497 e. The second-order valence-corrected chi connectivity index (χ2v) is 7.96. The van der Waals surface area contributed by atoms with Crippen molar-refractivity contribution in [2.75, 3.05) is 7.11 Å². The normalized spacial score (nSPS) is 13.7. The lowest BCUT2D eigenvalue weighted by Crippen LogP contribution is -2.19. The molecule has 3 rings (SSSR count). The highest BCUT2D eigenvalue weighted by Gasteiger charge is 2.24. The highest BCUT2D eigenvalue weighted by Crippen LogP contribution is 2.36. The van der Waals surface area contributed by atoms with Crippen molar-refractivity contribution < 1.29 is 4.74 Å². The van der Waals surface area contributed by atoms with Crippen LogP contribution in [-0.2, 0) is 12.2 Å². The Bertz CT molecular complexity index is 726. The smallest absolute Gasteiger partial charge is 0.118 e. The highest BCUT2D eigenvalue weighted by atomic mass is 32.2. The van der Waals surface area contributed by atoms with E-state index in [1.54, 1.807) is 7.11 Å². The molecule has 0 bridgehead atoms. The molecule has 1 aliphatic rings. The number of hydrogen-bond donors (Lipinski definition) is 0. The first-order valence-electron chi connectivity index (χ1n) is 7.92. The van der Waals surface area contributed by atoms with Gasteiger partial charge >= 0.3 is 0 Å². The van der Waals surface area contributed by atoms with Gasteiger partial charge in [-0.1, -0.05) is 39.0 Å². The molecule has 1 heterocycles. The van der Waals surface area contributed by atoms with E-state index in [4.69, 9.17) is 9.73 Å². The van der Waals surface area contributed by atoms with Crippen LogP contribution in [0, 0.1) is 5.41 Å². The van der Waals surface area contributed by atoms with Crippen LogP contribution in [0.1, 0.15) is 31.9 Å². The lowest BCUT2D eigenvalue weighted by atomic mass is 9.87. The topological polar surface area (TPSA) is 21.6 Å². The molecule has 2 nitrogen and oxygen atoms in total. The number of aliphatic imine (C=N–C) groups is 1. The predicted molar refractivity (Wildman–Crippen MR) is 99.3 cm³/mol. The monoisotopic (exact) mass is 325 g/mol. The molecular weight excluding hydrogens is 302 g/mol. The number of rotatable bonds is 4. The van der Waals surface area contributed by atoms with Gasteiger partial charge in [0.15, 0.2) is 0 Å². The van der Waals surface area contributed by atoms with Gasteiger partial charge in [0.1, 0.15) is 5.75 Å². The first-order chi connectivity index (χ1) is 11.0. The summed E-state index contributed by atoms with van der Waals surface area (Å²) in [4.78, 5) is 6.12. The minimum atomic E-state index is 0.148. The van der Waals surface area contributed by atoms with E-state index >= 15 is 0 Å². The molecule has 0 radical (unpaired) electrons. The summed E-state index contributed by atoms with van der Waals surface area (Å²) >= 11 is 1.85. The van der Waals surface area contributed by atoms with Crippen molar-refractivity contribution >= 4 is 23.2 Å². The van der Waals surface area contributed by atoms with Crippen LogP contribution in [0.25, 0.3) is 0 Å². The molecule has 0 saturated heterocycles. The Balaban J connectivity index is 1.69. The highest BCUT2D eigenvalue weighted by molar-refractivity contribution is 7.98. The predicted octanol–water partition coefficient (Wildman–Crippen LogP) is 5.66. The summed E-state index contributed by atoms with van der Waals surface area (Å²) < 4.78 is 5.20. The number of fused-ring (bicyclic) bond motifs is 1. The van der Waals surface area contributed by atoms with Gasteiger partial charge in [-0.3, -0.25) is 4.99 Å². The van der Waals surface area contributed by atoms with Crippen LogP contribution in [0.5, 0.6) is 5.75 Å². The van der Waals surface area contributed by atoms with Crippen molar-refractivity contribution in [2.24, 2.45) is 10.4 Å². The number of methoxy groups -OCH3 is 1. The summed E-state index contributed by atoms with van der Waals surface area (Å²) in [6.07, 6.45) is 0.988. The first kappa shape index (κ1) is 16.1. The van der Waals surface area contributed by atoms with Crippen molar-refractivity contribution in [3.63, 3.8) is 0 Å². The molecule has 2 aromatic rings. The van der Waals surface area contributed by atoms with E-state index < -0.39 is 0 Å². The molecule has 0 saturated carbocycles. The van der Waals surface area contributed by atoms with Gasteiger partial charge in [0.05, 0.1) is 12.8 Å². The van der Waals surface area contributed by atoms with E-state index in [9.17, 15) is 0 Å².